The molecule has 10 heteroatoms. The highest BCUT2D eigenvalue weighted by Crippen LogP contribution is 2.01. The third-order valence-electron chi connectivity index (χ3n) is 2.48. The van der Waals surface area contributed by atoms with Crippen LogP contribution in [0.2, 0.25) is 0 Å². The fourth-order valence-electron chi connectivity index (χ4n) is 1.43. The maximum absolute atomic E-state index is 11.1. The number of hydrogen-bond acceptors (Lipinski definition) is 9. The molecular weight excluding hydrogens is 328 g/mol. The van der Waals surface area contributed by atoms with Crippen molar-refractivity contribution < 1.29 is 48.2 Å². The SMILES string of the molecule is O=COCOOCCOCCOCCCCCC(=O)OCC(=O)O. The van der Waals surface area contributed by atoms with Crippen molar-refractivity contribution in [3.8, 4) is 0 Å². The number of aliphatic carboxylic acids is 1. The van der Waals surface area contributed by atoms with Crippen molar-refractivity contribution in [1.82, 2.24) is 0 Å². The Labute approximate surface area is 139 Å². The van der Waals surface area contributed by atoms with Gasteiger partial charge in [0.15, 0.2) is 6.61 Å². The highest BCUT2D eigenvalue weighted by molar-refractivity contribution is 5.75. The van der Waals surface area contributed by atoms with Crippen molar-refractivity contribution >= 4 is 18.4 Å². The molecule has 0 aliphatic heterocycles. The molecule has 140 valence electrons. The molecule has 0 fully saturated rings. The quantitative estimate of drug-likeness (QED) is 0.0918. The molecule has 1 N–H and O–H groups in total. The highest BCUT2D eigenvalue weighted by Gasteiger charge is 2.05. The second kappa shape index (κ2) is 17.6. The van der Waals surface area contributed by atoms with E-state index in [0.717, 1.165) is 12.8 Å². The summed E-state index contributed by atoms with van der Waals surface area (Å²) in [4.78, 5) is 40.2. The van der Waals surface area contributed by atoms with Gasteiger partial charge in [0, 0.05) is 13.0 Å². The molecule has 24 heavy (non-hydrogen) atoms. The lowest BCUT2D eigenvalue weighted by molar-refractivity contribution is -0.331. The lowest BCUT2D eigenvalue weighted by atomic mass is 10.2. The summed E-state index contributed by atoms with van der Waals surface area (Å²) in [7, 11) is 0. The van der Waals surface area contributed by atoms with E-state index >= 15 is 0 Å². The summed E-state index contributed by atoms with van der Waals surface area (Å²) in [6.45, 7) is 1.34. The summed E-state index contributed by atoms with van der Waals surface area (Å²) in [6.07, 6.45) is 2.41. The van der Waals surface area contributed by atoms with E-state index in [0.29, 0.717) is 32.8 Å². The summed E-state index contributed by atoms with van der Waals surface area (Å²) < 4.78 is 19.3. The smallest absolute Gasteiger partial charge is 0.341 e. The Balaban J connectivity index is 3.11. The predicted molar refractivity (Wildman–Crippen MR) is 77.8 cm³/mol. The summed E-state index contributed by atoms with van der Waals surface area (Å²) in [6, 6.07) is 0. The van der Waals surface area contributed by atoms with Crippen molar-refractivity contribution in [3.05, 3.63) is 0 Å². The third kappa shape index (κ3) is 18.3. The van der Waals surface area contributed by atoms with E-state index in [2.05, 4.69) is 19.2 Å². The molecule has 0 saturated heterocycles. The van der Waals surface area contributed by atoms with Gasteiger partial charge in [-0.05, 0) is 12.8 Å². The molecule has 0 rings (SSSR count). The fourth-order valence-corrected chi connectivity index (χ4v) is 1.43. The first-order valence-corrected chi connectivity index (χ1v) is 7.49. The van der Waals surface area contributed by atoms with Gasteiger partial charge >= 0.3 is 11.9 Å². The van der Waals surface area contributed by atoms with Crippen LogP contribution in [0.25, 0.3) is 0 Å². The van der Waals surface area contributed by atoms with Gasteiger partial charge in [-0.1, -0.05) is 6.42 Å². The Morgan fingerprint density at radius 2 is 1.58 bits per heavy atom. The molecule has 0 amide bonds. The number of carboxylic acid groups (broad SMARTS) is 1. The maximum Gasteiger partial charge on any atom is 0.341 e. The van der Waals surface area contributed by atoms with Crippen molar-refractivity contribution in [2.45, 2.75) is 25.7 Å². The van der Waals surface area contributed by atoms with Crippen LogP contribution < -0.4 is 0 Å². The molecule has 0 aromatic carbocycles. The zero-order valence-corrected chi connectivity index (χ0v) is 13.5. The first-order chi connectivity index (χ1) is 11.7. The summed E-state index contributed by atoms with van der Waals surface area (Å²) in [5.41, 5.74) is 0. The summed E-state index contributed by atoms with van der Waals surface area (Å²) in [5, 5.41) is 8.33. The number of carbonyl (C=O) groups is 3. The van der Waals surface area contributed by atoms with E-state index in [1.807, 2.05) is 0 Å². The third-order valence-corrected chi connectivity index (χ3v) is 2.48. The monoisotopic (exact) mass is 352 g/mol. The number of carbonyl (C=O) groups excluding carboxylic acids is 2. The Morgan fingerprint density at radius 3 is 2.29 bits per heavy atom. The Hall–Kier alpha value is -1.75. The maximum atomic E-state index is 11.1. The van der Waals surface area contributed by atoms with Crippen molar-refractivity contribution in [2.24, 2.45) is 0 Å². The second-order valence-electron chi connectivity index (χ2n) is 4.41. The van der Waals surface area contributed by atoms with Crippen molar-refractivity contribution in [1.29, 1.82) is 0 Å². The minimum atomic E-state index is -1.16. The molecule has 0 aliphatic carbocycles. The number of ether oxygens (including phenoxy) is 4. The van der Waals surface area contributed by atoms with E-state index < -0.39 is 18.5 Å². The topological polar surface area (TPSA) is 127 Å². The van der Waals surface area contributed by atoms with Crippen LogP contribution >= 0.6 is 0 Å². The zero-order chi connectivity index (χ0) is 17.9. The summed E-state index contributed by atoms with van der Waals surface area (Å²) >= 11 is 0. The number of rotatable bonds is 18. The normalized spacial score (nSPS) is 10.3. The average Bonchev–Trinajstić information content (AvgIpc) is 2.56. The minimum Gasteiger partial charge on any atom is -0.479 e. The molecule has 0 aromatic rings. The molecule has 10 nitrogen and oxygen atoms in total. The van der Waals surface area contributed by atoms with Crippen LogP contribution in [0.5, 0.6) is 0 Å². The first-order valence-electron chi connectivity index (χ1n) is 7.49. The number of unbranched alkanes of at least 4 members (excludes halogenated alkanes) is 2. The molecule has 0 radical (unpaired) electrons. The molecule has 0 bridgehead atoms. The van der Waals surface area contributed by atoms with Crippen molar-refractivity contribution in [2.75, 3.05) is 46.4 Å². The predicted octanol–water partition coefficient (Wildman–Crippen LogP) is 0.287. The van der Waals surface area contributed by atoms with Gasteiger partial charge in [0.2, 0.25) is 6.79 Å². The van der Waals surface area contributed by atoms with Gasteiger partial charge in [0.25, 0.3) is 6.47 Å². The van der Waals surface area contributed by atoms with Crippen LogP contribution in [-0.2, 0) is 43.1 Å². The highest BCUT2D eigenvalue weighted by atomic mass is 17.2. The molecular formula is C14H24O10. The fraction of sp³-hybridized carbons (Fsp3) is 0.786. The Morgan fingerprint density at radius 1 is 0.875 bits per heavy atom. The molecule has 0 atom stereocenters. The first kappa shape index (κ1) is 22.2. The minimum absolute atomic E-state index is 0.205. The Kier molecular flexibility index (Phi) is 16.3. The molecule has 0 saturated carbocycles. The van der Waals surface area contributed by atoms with Gasteiger partial charge in [-0.3, -0.25) is 9.59 Å². The standard InChI is InChI=1S/C14H24O10/c15-11-21-12-24-23-9-8-20-7-6-19-5-3-1-2-4-14(18)22-10-13(16)17/h11H,1-10,12H2,(H,16,17). The largest absolute Gasteiger partial charge is 0.479 e. The number of hydrogen-bond donors (Lipinski definition) is 1. The molecule has 0 heterocycles. The van der Waals surface area contributed by atoms with Crippen LogP contribution in [-0.4, -0.2) is 70.0 Å². The molecule has 0 unspecified atom stereocenters. The van der Waals surface area contributed by atoms with E-state index in [4.69, 9.17) is 14.6 Å². The molecule has 0 spiro atoms. The van der Waals surface area contributed by atoms with Gasteiger partial charge in [-0.15, -0.1) is 0 Å². The van der Waals surface area contributed by atoms with Crippen LogP contribution in [0.4, 0.5) is 0 Å². The lowest BCUT2D eigenvalue weighted by Gasteiger charge is -2.06. The van der Waals surface area contributed by atoms with E-state index in [9.17, 15) is 14.4 Å². The van der Waals surface area contributed by atoms with Crippen LogP contribution in [0.15, 0.2) is 0 Å². The molecule has 0 aromatic heterocycles. The summed E-state index contributed by atoms with van der Waals surface area (Å²) in [5.74, 6) is -1.67. The lowest BCUT2D eigenvalue weighted by Crippen LogP contribution is -2.12. The van der Waals surface area contributed by atoms with E-state index in [1.54, 1.807) is 0 Å². The number of esters is 1. The average molecular weight is 352 g/mol. The number of carboxylic acids is 1. The molecule has 0 aliphatic rings. The second-order valence-corrected chi connectivity index (χ2v) is 4.41. The zero-order valence-electron chi connectivity index (χ0n) is 13.5. The van der Waals surface area contributed by atoms with Gasteiger partial charge in [0.05, 0.1) is 19.8 Å². The Bertz CT molecular complexity index is 334. The van der Waals surface area contributed by atoms with E-state index in [-0.39, 0.29) is 26.3 Å². The van der Waals surface area contributed by atoms with Gasteiger partial charge < -0.3 is 24.1 Å². The van der Waals surface area contributed by atoms with Gasteiger partial charge in [-0.2, -0.15) is 4.89 Å². The van der Waals surface area contributed by atoms with Crippen LogP contribution in [0.3, 0.4) is 0 Å². The van der Waals surface area contributed by atoms with Gasteiger partial charge in [0.1, 0.15) is 6.61 Å². The van der Waals surface area contributed by atoms with Crippen molar-refractivity contribution in [3.63, 3.8) is 0 Å². The van der Waals surface area contributed by atoms with E-state index in [1.165, 1.54) is 0 Å². The van der Waals surface area contributed by atoms with Crippen LogP contribution in [0.1, 0.15) is 25.7 Å². The van der Waals surface area contributed by atoms with Crippen LogP contribution in [0, 0.1) is 0 Å². The van der Waals surface area contributed by atoms with Gasteiger partial charge in [-0.25, -0.2) is 9.68 Å².